The number of hydrogen-bond acceptors (Lipinski definition) is 4. The number of carbonyl (C=O) groups is 1. The summed E-state index contributed by atoms with van der Waals surface area (Å²) in [5.41, 5.74) is 3.69. The molecule has 0 fully saturated rings. The molecule has 0 saturated heterocycles. The van der Waals surface area contributed by atoms with E-state index in [9.17, 15) is 14.3 Å². The van der Waals surface area contributed by atoms with Crippen molar-refractivity contribution in [2.75, 3.05) is 5.32 Å². The summed E-state index contributed by atoms with van der Waals surface area (Å²) in [5.74, 6) is 0.419. The molecule has 0 saturated carbocycles. The van der Waals surface area contributed by atoms with E-state index in [1.807, 2.05) is 35.8 Å². The van der Waals surface area contributed by atoms with E-state index in [1.54, 1.807) is 48.8 Å². The molecule has 5 rings (SSSR count). The lowest BCUT2D eigenvalue weighted by atomic mass is 10.1. The minimum absolute atomic E-state index is 0.140. The molecule has 1 atom stereocenters. The van der Waals surface area contributed by atoms with Crippen LogP contribution in [-0.4, -0.2) is 25.5 Å². The van der Waals surface area contributed by atoms with Crippen LogP contribution in [0.2, 0.25) is 5.02 Å². The van der Waals surface area contributed by atoms with Crippen LogP contribution in [0.3, 0.4) is 0 Å². The Balaban J connectivity index is 1.49. The number of halogens is 2. The molecule has 3 aromatic carbocycles. The monoisotopic (exact) mass is 488 g/mol. The number of anilines is 2. The smallest absolute Gasteiger partial charge is 0.260 e. The highest BCUT2D eigenvalue weighted by atomic mass is 35.5. The second kappa shape index (κ2) is 9.37. The molecule has 6 nitrogen and oxygen atoms in total. The van der Waals surface area contributed by atoms with Gasteiger partial charge in [0.25, 0.3) is 5.91 Å². The molecule has 0 spiro atoms. The van der Waals surface area contributed by atoms with Crippen LogP contribution in [-0.2, 0) is 11.3 Å². The number of nitrogens with zero attached hydrogens (tertiary/aromatic N) is 3. The maximum Gasteiger partial charge on any atom is 0.260 e. The van der Waals surface area contributed by atoms with Gasteiger partial charge in [0.1, 0.15) is 23.2 Å². The van der Waals surface area contributed by atoms with Crippen LogP contribution in [0.5, 0.6) is 0 Å². The van der Waals surface area contributed by atoms with Gasteiger partial charge in [0, 0.05) is 34.2 Å². The van der Waals surface area contributed by atoms with Crippen molar-refractivity contribution in [3.63, 3.8) is 0 Å². The Hall–Kier alpha value is -3.94. The highest BCUT2D eigenvalue weighted by Crippen LogP contribution is 2.34. The molecule has 1 amide bonds. The summed E-state index contributed by atoms with van der Waals surface area (Å²) < 4.78 is 15.4. The summed E-state index contributed by atoms with van der Waals surface area (Å²) in [6.07, 6.45) is 1.91. The first-order chi connectivity index (χ1) is 16.9. The topological polar surface area (TPSA) is 70.4 Å². The van der Waals surface area contributed by atoms with Crippen molar-refractivity contribution in [2.24, 2.45) is 0 Å². The number of rotatable bonds is 5. The third kappa shape index (κ3) is 4.56. The number of aryl methyl sites for hydroxylation is 1. The van der Waals surface area contributed by atoms with Gasteiger partial charge in [-0.1, -0.05) is 47.5 Å². The zero-order chi connectivity index (χ0) is 24.5. The Morgan fingerprint density at radius 3 is 2.49 bits per heavy atom. The Kier molecular flexibility index (Phi) is 6.11. The largest absolute Gasteiger partial charge is 0.378 e. The van der Waals surface area contributed by atoms with Gasteiger partial charge in [0.2, 0.25) is 0 Å². The lowest BCUT2D eigenvalue weighted by Gasteiger charge is -2.25. The molecule has 1 aliphatic rings. The Labute approximate surface area is 206 Å². The number of amides is 1. The van der Waals surface area contributed by atoms with E-state index in [4.69, 9.17) is 16.6 Å². The average Bonchev–Trinajstić information content (AvgIpc) is 3.22. The first-order valence-corrected chi connectivity index (χ1v) is 11.4. The second-order valence-corrected chi connectivity index (χ2v) is 8.69. The highest BCUT2D eigenvalue weighted by Gasteiger charge is 2.29. The van der Waals surface area contributed by atoms with Crippen LogP contribution in [0.4, 0.5) is 15.9 Å². The lowest BCUT2D eigenvalue weighted by Crippen LogP contribution is -2.33. The fourth-order valence-corrected chi connectivity index (χ4v) is 4.18. The highest BCUT2D eigenvalue weighted by molar-refractivity contribution is 6.31. The van der Waals surface area contributed by atoms with Gasteiger partial charge in [0.05, 0.1) is 6.54 Å². The van der Waals surface area contributed by atoms with Crippen LogP contribution in [0, 0.1) is 12.7 Å². The van der Waals surface area contributed by atoms with Gasteiger partial charge >= 0.3 is 0 Å². The van der Waals surface area contributed by atoms with Crippen molar-refractivity contribution in [1.82, 2.24) is 14.5 Å². The van der Waals surface area contributed by atoms with Gasteiger partial charge in [-0.05, 0) is 49.4 Å². The standard InChI is InChI=1S/C27H22ClFN4O2/c1-17-6-12-20(13-7-17)30-26-24(18-8-10-19(29)11-9-18)31-23-16-32(14-15-33(23)26)27(35)25(34)21-4-2-3-5-22(21)28/h2-15,25,30,34H,16H2,1H3. The van der Waals surface area contributed by atoms with Crippen LogP contribution in [0.25, 0.3) is 17.5 Å². The van der Waals surface area contributed by atoms with Gasteiger partial charge < -0.3 is 15.3 Å². The summed E-state index contributed by atoms with van der Waals surface area (Å²) in [6, 6.07) is 20.7. The van der Waals surface area contributed by atoms with Crippen LogP contribution in [0.15, 0.2) is 79.0 Å². The maximum atomic E-state index is 13.6. The van der Waals surface area contributed by atoms with E-state index in [-0.39, 0.29) is 12.4 Å². The van der Waals surface area contributed by atoms with Crippen LogP contribution < -0.4 is 5.32 Å². The predicted octanol–water partition coefficient (Wildman–Crippen LogP) is 5.90. The zero-order valence-electron chi connectivity index (χ0n) is 18.8. The Bertz CT molecular complexity index is 1410. The SMILES string of the molecule is Cc1ccc(Nc2c(-c3ccc(F)cc3)nc3n2C=CN(C(=O)C(O)c2ccccc2Cl)C3)cc1. The van der Waals surface area contributed by atoms with Gasteiger partial charge in [-0.15, -0.1) is 0 Å². The van der Waals surface area contributed by atoms with Crippen molar-refractivity contribution in [3.8, 4) is 11.3 Å². The number of hydrogen-bond donors (Lipinski definition) is 2. The van der Waals surface area contributed by atoms with Crippen molar-refractivity contribution in [2.45, 2.75) is 19.6 Å². The number of benzene rings is 3. The predicted molar refractivity (Wildman–Crippen MR) is 134 cm³/mol. The number of aromatic nitrogens is 2. The Morgan fingerprint density at radius 1 is 1.06 bits per heavy atom. The van der Waals surface area contributed by atoms with Crippen molar-refractivity contribution in [3.05, 3.63) is 107 Å². The summed E-state index contributed by atoms with van der Waals surface area (Å²) in [5, 5.41) is 14.4. The summed E-state index contributed by atoms with van der Waals surface area (Å²) in [6.45, 7) is 2.15. The minimum Gasteiger partial charge on any atom is -0.378 e. The van der Waals surface area contributed by atoms with Crippen LogP contribution >= 0.6 is 11.6 Å². The Morgan fingerprint density at radius 2 is 1.77 bits per heavy atom. The maximum absolute atomic E-state index is 13.6. The van der Waals surface area contributed by atoms with Gasteiger partial charge in [-0.3, -0.25) is 9.36 Å². The number of aliphatic hydroxyl groups is 1. The average molecular weight is 489 g/mol. The molecule has 4 aromatic rings. The zero-order valence-corrected chi connectivity index (χ0v) is 19.6. The van der Waals surface area contributed by atoms with Crippen molar-refractivity contribution in [1.29, 1.82) is 0 Å². The summed E-state index contributed by atoms with van der Waals surface area (Å²) in [7, 11) is 0. The molecule has 8 heteroatoms. The summed E-state index contributed by atoms with van der Waals surface area (Å²) >= 11 is 6.17. The van der Waals surface area contributed by atoms with E-state index in [0.29, 0.717) is 27.9 Å². The lowest BCUT2D eigenvalue weighted by molar-refractivity contribution is -0.138. The van der Waals surface area contributed by atoms with Gasteiger partial charge in [0.15, 0.2) is 6.10 Å². The molecule has 1 aromatic heterocycles. The molecule has 1 unspecified atom stereocenters. The normalized spacial score (nSPS) is 13.4. The molecule has 2 heterocycles. The second-order valence-electron chi connectivity index (χ2n) is 8.28. The van der Waals surface area contributed by atoms with E-state index in [2.05, 4.69) is 5.32 Å². The van der Waals surface area contributed by atoms with Gasteiger partial charge in [-0.2, -0.15) is 0 Å². The molecule has 2 N–H and O–H groups in total. The third-order valence-corrected chi connectivity index (χ3v) is 6.18. The third-order valence-electron chi connectivity index (χ3n) is 5.84. The fourth-order valence-electron chi connectivity index (χ4n) is 3.94. The molecule has 0 bridgehead atoms. The van der Waals surface area contributed by atoms with Gasteiger partial charge in [-0.25, -0.2) is 9.37 Å². The van der Waals surface area contributed by atoms with Crippen LogP contribution in [0.1, 0.15) is 23.1 Å². The fraction of sp³-hybridized carbons (Fsp3) is 0.111. The van der Waals surface area contributed by atoms with E-state index in [0.717, 1.165) is 16.8 Å². The molecule has 0 radical (unpaired) electrons. The molecule has 0 aliphatic carbocycles. The minimum atomic E-state index is -1.41. The summed E-state index contributed by atoms with van der Waals surface area (Å²) in [4.78, 5) is 19.2. The first kappa shape index (κ1) is 22.8. The van der Waals surface area contributed by atoms with E-state index in [1.165, 1.54) is 17.0 Å². The van der Waals surface area contributed by atoms with E-state index < -0.39 is 12.0 Å². The van der Waals surface area contributed by atoms with Crippen molar-refractivity contribution >= 4 is 35.2 Å². The number of fused-ring (bicyclic) bond motifs is 1. The molecule has 1 aliphatic heterocycles. The number of imidazole rings is 1. The first-order valence-electron chi connectivity index (χ1n) is 11.0. The number of aliphatic hydroxyl groups excluding tert-OH is 1. The molecule has 35 heavy (non-hydrogen) atoms. The van der Waals surface area contributed by atoms with Crippen molar-refractivity contribution < 1.29 is 14.3 Å². The quantitative estimate of drug-likeness (QED) is 0.367. The number of nitrogens with one attached hydrogen (secondary N) is 1. The van der Waals surface area contributed by atoms with E-state index >= 15 is 0 Å². The molecular formula is C27H22ClFN4O2. The molecular weight excluding hydrogens is 467 g/mol. The molecule has 176 valence electrons. The number of carbonyl (C=O) groups excluding carboxylic acids is 1.